The van der Waals surface area contributed by atoms with Gasteiger partial charge in [0.15, 0.2) is 0 Å². The summed E-state index contributed by atoms with van der Waals surface area (Å²) in [5.74, 6) is -0.177. The molecular weight excluding hydrogens is 307 g/mol. The third-order valence-electron chi connectivity index (χ3n) is 4.05. The zero-order valence-corrected chi connectivity index (χ0v) is 13.6. The average molecular weight is 326 g/mol. The molecule has 124 valence electrons. The maximum Gasteiger partial charge on any atom is 0.283 e. The zero-order valence-electron chi connectivity index (χ0n) is 13.6. The lowest BCUT2D eigenvalue weighted by molar-refractivity contribution is 0.567. The molecule has 0 amide bonds. The number of hydrogen-bond acceptors (Lipinski definition) is 4. The van der Waals surface area contributed by atoms with Crippen LogP contribution in [0.5, 0.6) is 0 Å². The Hall–Kier alpha value is -2.73. The van der Waals surface area contributed by atoms with E-state index in [4.69, 9.17) is 5.73 Å². The van der Waals surface area contributed by atoms with Gasteiger partial charge in [0.05, 0.1) is 17.2 Å². The Morgan fingerprint density at radius 2 is 1.92 bits per heavy atom. The van der Waals surface area contributed by atoms with Gasteiger partial charge in [-0.3, -0.25) is 9.80 Å². The van der Waals surface area contributed by atoms with Crippen LogP contribution in [0.4, 0.5) is 10.1 Å². The van der Waals surface area contributed by atoms with E-state index < -0.39 is 17.4 Å². The lowest BCUT2D eigenvalue weighted by Gasteiger charge is -2.26. The fraction of sp³-hybridized carbons (Fsp3) is 0.222. The van der Waals surface area contributed by atoms with Crippen LogP contribution >= 0.6 is 0 Å². The highest BCUT2D eigenvalue weighted by atomic mass is 19.1. The average Bonchev–Trinajstić information content (AvgIpc) is 2.61. The van der Waals surface area contributed by atoms with Gasteiger partial charge in [-0.15, -0.1) is 0 Å². The van der Waals surface area contributed by atoms with Gasteiger partial charge in [-0.1, -0.05) is 31.2 Å². The van der Waals surface area contributed by atoms with E-state index in [1.165, 1.54) is 16.8 Å². The molecular formula is C18H19FN4O. The van der Waals surface area contributed by atoms with Crippen molar-refractivity contribution in [3.05, 3.63) is 70.5 Å². The van der Waals surface area contributed by atoms with E-state index in [-0.39, 0.29) is 5.39 Å². The van der Waals surface area contributed by atoms with Crippen LogP contribution in [0, 0.1) is 5.82 Å². The Kier molecular flexibility index (Phi) is 4.31. The fourth-order valence-corrected chi connectivity index (χ4v) is 2.67. The van der Waals surface area contributed by atoms with Crippen LogP contribution < -0.4 is 16.3 Å². The van der Waals surface area contributed by atoms with Gasteiger partial charge in [0.2, 0.25) is 0 Å². The van der Waals surface area contributed by atoms with Crippen LogP contribution in [0.1, 0.15) is 25.2 Å². The van der Waals surface area contributed by atoms with Crippen LogP contribution in [0.15, 0.2) is 53.3 Å². The lowest BCUT2D eigenvalue weighted by atomic mass is 10.2. The lowest BCUT2D eigenvalue weighted by Crippen LogP contribution is -2.41. The molecule has 1 aromatic heterocycles. The van der Waals surface area contributed by atoms with Crippen LogP contribution in [0.2, 0.25) is 0 Å². The summed E-state index contributed by atoms with van der Waals surface area (Å²) >= 11 is 0. The minimum atomic E-state index is -0.586. The predicted octanol–water partition coefficient (Wildman–Crippen LogP) is 2.84. The van der Waals surface area contributed by atoms with E-state index >= 15 is 0 Å². The van der Waals surface area contributed by atoms with Crippen LogP contribution in [-0.4, -0.2) is 16.7 Å². The van der Waals surface area contributed by atoms with E-state index in [1.807, 2.05) is 37.3 Å². The van der Waals surface area contributed by atoms with Crippen molar-refractivity contribution in [3.63, 3.8) is 0 Å². The zero-order chi connectivity index (χ0) is 17.3. The van der Waals surface area contributed by atoms with Gasteiger partial charge in [-0.2, -0.15) is 0 Å². The Morgan fingerprint density at radius 3 is 2.58 bits per heavy atom. The van der Waals surface area contributed by atoms with Gasteiger partial charge < -0.3 is 5.73 Å². The monoisotopic (exact) mass is 326 g/mol. The Bertz CT molecular complexity index is 923. The molecule has 0 spiro atoms. The molecule has 0 saturated carbocycles. The van der Waals surface area contributed by atoms with E-state index in [1.54, 1.807) is 18.1 Å². The minimum Gasteiger partial charge on any atom is -0.321 e. The number of hydrogen-bond donors (Lipinski definition) is 1. The van der Waals surface area contributed by atoms with Gasteiger partial charge in [-0.25, -0.2) is 14.1 Å². The topological polar surface area (TPSA) is 64.1 Å². The number of anilines is 1. The second-order valence-electron chi connectivity index (χ2n) is 5.59. The minimum absolute atomic E-state index is 0.0349. The molecule has 2 aromatic carbocycles. The summed E-state index contributed by atoms with van der Waals surface area (Å²) in [4.78, 5) is 17.5. The number of nitrogens with two attached hydrogens (primary N) is 1. The van der Waals surface area contributed by atoms with Crippen molar-refractivity contribution in [2.24, 2.45) is 5.73 Å². The molecule has 24 heavy (non-hydrogen) atoms. The Labute approximate surface area is 139 Å². The van der Waals surface area contributed by atoms with E-state index in [0.717, 1.165) is 5.69 Å². The van der Waals surface area contributed by atoms with Crippen LogP contribution in [-0.2, 0) is 0 Å². The number of halogens is 1. The standard InChI is InChI=1S/C18H19FN4O/c1-3-14(20)17-21-15-11-7-10-13(19)16(15)18(24)23(17)22(2)12-8-5-4-6-9-12/h4-11,14H,3,20H2,1-2H3/t14-/m0/s1. The molecule has 0 aliphatic rings. The molecule has 1 atom stereocenters. The normalized spacial score (nSPS) is 12.3. The molecule has 3 aromatic rings. The van der Waals surface area contributed by atoms with Crippen LogP contribution in [0.3, 0.4) is 0 Å². The molecule has 0 radical (unpaired) electrons. The first-order valence-electron chi connectivity index (χ1n) is 7.80. The van der Waals surface area contributed by atoms with Gasteiger partial charge >= 0.3 is 0 Å². The second kappa shape index (κ2) is 6.41. The number of benzene rings is 2. The summed E-state index contributed by atoms with van der Waals surface area (Å²) in [6.45, 7) is 1.92. The second-order valence-corrected chi connectivity index (χ2v) is 5.59. The summed E-state index contributed by atoms with van der Waals surface area (Å²) in [5.41, 5.74) is 6.79. The van der Waals surface area contributed by atoms with Crippen molar-refractivity contribution in [1.82, 2.24) is 9.66 Å². The highest BCUT2D eigenvalue weighted by Crippen LogP contribution is 2.20. The van der Waals surface area contributed by atoms with Crippen molar-refractivity contribution < 1.29 is 4.39 Å². The molecule has 0 fully saturated rings. The molecule has 5 nitrogen and oxygen atoms in total. The maximum atomic E-state index is 14.2. The Morgan fingerprint density at radius 1 is 1.21 bits per heavy atom. The van der Waals surface area contributed by atoms with Gasteiger partial charge in [-0.05, 0) is 30.7 Å². The molecule has 2 N–H and O–H groups in total. The third kappa shape index (κ3) is 2.65. The first kappa shape index (κ1) is 16.1. The number of rotatable bonds is 4. The summed E-state index contributed by atoms with van der Waals surface area (Å²) in [6.07, 6.45) is 0.607. The third-order valence-corrected chi connectivity index (χ3v) is 4.05. The number of nitrogens with zero attached hydrogens (tertiary/aromatic N) is 3. The molecule has 3 rings (SSSR count). The van der Waals surface area contributed by atoms with Crippen molar-refractivity contribution in [2.45, 2.75) is 19.4 Å². The fourth-order valence-electron chi connectivity index (χ4n) is 2.67. The first-order chi connectivity index (χ1) is 11.5. The molecule has 0 saturated heterocycles. The summed E-state index contributed by atoms with van der Waals surface area (Å²) in [6, 6.07) is 13.3. The van der Waals surface area contributed by atoms with Gasteiger partial charge in [0, 0.05) is 7.05 Å². The van der Waals surface area contributed by atoms with E-state index in [2.05, 4.69) is 4.98 Å². The first-order valence-corrected chi connectivity index (χ1v) is 7.80. The molecule has 6 heteroatoms. The number of para-hydroxylation sites is 1. The van der Waals surface area contributed by atoms with Crippen molar-refractivity contribution in [3.8, 4) is 0 Å². The highest BCUT2D eigenvalue weighted by Gasteiger charge is 2.20. The molecule has 0 aliphatic heterocycles. The SMILES string of the molecule is CC[C@H](N)c1nc2cccc(F)c2c(=O)n1N(C)c1ccccc1. The molecule has 0 bridgehead atoms. The van der Waals surface area contributed by atoms with Gasteiger partial charge in [0.25, 0.3) is 5.56 Å². The largest absolute Gasteiger partial charge is 0.321 e. The molecule has 1 heterocycles. The summed E-state index contributed by atoms with van der Waals surface area (Å²) in [5, 5.41) is 1.61. The molecule has 0 unspecified atom stereocenters. The molecule has 0 aliphatic carbocycles. The maximum absolute atomic E-state index is 14.2. The van der Waals surface area contributed by atoms with Crippen molar-refractivity contribution in [1.29, 1.82) is 0 Å². The van der Waals surface area contributed by atoms with Crippen molar-refractivity contribution in [2.75, 3.05) is 12.1 Å². The van der Waals surface area contributed by atoms with E-state index in [9.17, 15) is 9.18 Å². The van der Waals surface area contributed by atoms with Crippen molar-refractivity contribution >= 4 is 16.6 Å². The van der Waals surface area contributed by atoms with E-state index in [0.29, 0.717) is 17.8 Å². The van der Waals surface area contributed by atoms with Gasteiger partial charge in [0.1, 0.15) is 17.0 Å². The quantitative estimate of drug-likeness (QED) is 0.801. The number of aromatic nitrogens is 2. The Balaban J connectivity index is 2.34. The predicted molar refractivity (Wildman–Crippen MR) is 93.4 cm³/mol. The van der Waals surface area contributed by atoms with Crippen LogP contribution in [0.25, 0.3) is 10.9 Å². The highest BCUT2D eigenvalue weighted by molar-refractivity contribution is 5.78. The summed E-state index contributed by atoms with van der Waals surface area (Å²) in [7, 11) is 1.73. The summed E-state index contributed by atoms with van der Waals surface area (Å²) < 4.78 is 15.6. The smallest absolute Gasteiger partial charge is 0.283 e. The number of fused-ring (bicyclic) bond motifs is 1.